The quantitative estimate of drug-likeness (QED) is 0.788. The minimum absolute atomic E-state index is 0.0127. The molecule has 1 N–H and O–H groups in total. The maximum Gasteiger partial charge on any atom is 0.229 e. The first kappa shape index (κ1) is 12.4. The molecule has 0 bridgehead atoms. The van der Waals surface area contributed by atoms with E-state index in [1.54, 1.807) is 0 Å². The van der Waals surface area contributed by atoms with Gasteiger partial charge < -0.3 is 9.63 Å². The second kappa shape index (κ2) is 5.45. The molecule has 0 aliphatic heterocycles. The van der Waals surface area contributed by atoms with E-state index in [1.165, 1.54) is 0 Å². The first-order valence-corrected chi connectivity index (χ1v) is 6.99. The van der Waals surface area contributed by atoms with Crippen LogP contribution in [0.3, 0.4) is 0 Å². The number of rotatable bonds is 5. The van der Waals surface area contributed by atoms with Gasteiger partial charge in [-0.1, -0.05) is 30.3 Å². The zero-order valence-electron chi connectivity index (χ0n) is 9.09. The van der Waals surface area contributed by atoms with Gasteiger partial charge in [0.25, 0.3) is 0 Å². The molecule has 0 fully saturated rings. The summed E-state index contributed by atoms with van der Waals surface area (Å²) in [6, 6.07) is 9.30. The highest BCUT2D eigenvalue weighted by Crippen LogP contribution is 2.44. The van der Waals surface area contributed by atoms with Crippen LogP contribution in [0, 0.1) is 0 Å². The maximum absolute atomic E-state index is 11.7. The van der Waals surface area contributed by atoms with E-state index in [2.05, 4.69) is 0 Å². The van der Waals surface area contributed by atoms with Crippen LogP contribution in [-0.4, -0.2) is 17.3 Å². The van der Waals surface area contributed by atoms with E-state index in [0.29, 0.717) is 0 Å². The number of hydrogen-bond acceptors (Lipinski definition) is 2. The van der Waals surface area contributed by atoms with E-state index in [4.69, 9.17) is 4.74 Å². The molecule has 0 spiro atoms. The summed E-state index contributed by atoms with van der Waals surface area (Å²) >= 11 is 0. The van der Waals surface area contributed by atoms with Crippen molar-refractivity contribution in [2.75, 3.05) is 6.35 Å². The molecule has 15 heavy (non-hydrogen) atoms. The predicted octanol–water partition coefficient (Wildman–Crippen LogP) is 2.84. The van der Waals surface area contributed by atoms with Gasteiger partial charge in [-0.3, -0.25) is 4.57 Å². The third kappa shape index (κ3) is 5.12. The van der Waals surface area contributed by atoms with E-state index in [1.807, 2.05) is 44.2 Å². The highest BCUT2D eigenvalue weighted by Gasteiger charge is 2.19. The zero-order chi connectivity index (χ0) is 11.3. The van der Waals surface area contributed by atoms with Gasteiger partial charge in [-0.05, 0) is 19.4 Å². The molecular weight excluding hydrogens is 211 g/mol. The summed E-state index contributed by atoms with van der Waals surface area (Å²) in [7, 11) is -3.19. The minimum atomic E-state index is -3.19. The van der Waals surface area contributed by atoms with Crippen molar-refractivity contribution in [1.29, 1.82) is 0 Å². The van der Waals surface area contributed by atoms with Gasteiger partial charge in [-0.2, -0.15) is 0 Å². The summed E-state index contributed by atoms with van der Waals surface area (Å²) in [6.07, 6.45) is 0.0985. The Labute approximate surface area is 90.5 Å². The monoisotopic (exact) mass is 228 g/mol. The van der Waals surface area contributed by atoms with Crippen molar-refractivity contribution in [3.8, 4) is 0 Å². The highest BCUT2D eigenvalue weighted by atomic mass is 31.2. The van der Waals surface area contributed by atoms with Crippen LogP contribution in [0.15, 0.2) is 30.3 Å². The molecule has 84 valence electrons. The van der Waals surface area contributed by atoms with Crippen LogP contribution in [0.2, 0.25) is 0 Å². The summed E-state index contributed by atoms with van der Waals surface area (Å²) in [5.74, 6) is 0. The summed E-state index contributed by atoms with van der Waals surface area (Å²) in [5.41, 5.74) is 0.871. The minimum Gasteiger partial charge on any atom is -0.369 e. The molecule has 1 rings (SSSR count). The maximum atomic E-state index is 11.7. The molecule has 0 saturated heterocycles. The third-order valence-corrected chi connectivity index (χ3v) is 3.29. The summed E-state index contributed by atoms with van der Waals surface area (Å²) in [4.78, 5) is 9.65. The molecule has 1 aromatic rings. The van der Waals surface area contributed by atoms with Gasteiger partial charge in [0, 0.05) is 0 Å². The number of benzene rings is 1. The van der Waals surface area contributed by atoms with E-state index in [9.17, 15) is 9.46 Å². The summed E-state index contributed by atoms with van der Waals surface area (Å²) in [6.45, 7) is 3.70. The molecular formula is C11H17O3P. The SMILES string of the molecule is CC(C)OCP(=O)(O)Cc1ccccc1. The van der Waals surface area contributed by atoms with Crippen molar-refractivity contribution in [2.24, 2.45) is 0 Å². The lowest BCUT2D eigenvalue weighted by Gasteiger charge is -2.13. The molecule has 0 heterocycles. The average Bonchev–Trinajstić information content (AvgIpc) is 2.16. The van der Waals surface area contributed by atoms with Crippen LogP contribution in [0.25, 0.3) is 0 Å². The summed E-state index contributed by atoms with van der Waals surface area (Å²) in [5, 5.41) is 0. The molecule has 0 saturated carbocycles. The van der Waals surface area contributed by atoms with E-state index < -0.39 is 7.37 Å². The second-order valence-electron chi connectivity index (χ2n) is 3.83. The molecule has 0 aliphatic carbocycles. The van der Waals surface area contributed by atoms with E-state index in [-0.39, 0.29) is 18.6 Å². The normalized spacial score (nSPS) is 15.2. The fourth-order valence-corrected chi connectivity index (χ4v) is 2.58. The zero-order valence-corrected chi connectivity index (χ0v) is 9.98. The molecule has 1 atom stereocenters. The molecule has 1 unspecified atom stereocenters. The van der Waals surface area contributed by atoms with Crippen LogP contribution in [0.1, 0.15) is 19.4 Å². The van der Waals surface area contributed by atoms with Crippen LogP contribution in [0.5, 0.6) is 0 Å². The fraction of sp³-hybridized carbons (Fsp3) is 0.455. The van der Waals surface area contributed by atoms with Crippen LogP contribution in [0.4, 0.5) is 0 Å². The average molecular weight is 228 g/mol. The Bertz CT molecular complexity index is 335. The van der Waals surface area contributed by atoms with Gasteiger partial charge in [0.1, 0.15) is 6.35 Å². The lowest BCUT2D eigenvalue weighted by molar-refractivity contribution is 0.109. The van der Waals surface area contributed by atoms with Crippen LogP contribution in [-0.2, 0) is 15.5 Å². The smallest absolute Gasteiger partial charge is 0.229 e. The second-order valence-corrected chi connectivity index (χ2v) is 6.10. The van der Waals surface area contributed by atoms with Crippen molar-refractivity contribution in [1.82, 2.24) is 0 Å². The summed E-state index contributed by atoms with van der Waals surface area (Å²) < 4.78 is 16.9. The first-order chi connectivity index (χ1) is 6.99. The highest BCUT2D eigenvalue weighted by molar-refractivity contribution is 7.56. The molecule has 0 amide bonds. The fourth-order valence-electron chi connectivity index (χ4n) is 1.18. The Morgan fingerprint density at radius 2 is 1.93 bits per heavy atom. The van der Waals surface area contributed by atoms with Gasteiger partial charge in [0.2, 0.25) is 7.37 Å². The van der Waals surface area contributed by atoms with E-state index >= 15 is 0 Å². The number of hydrogen-bond donors (Lipinski definition) is 1. The Morgan fingerprint density at radius 3 is 2.47 bits per heavy atom. The van der Waals surface area contributed by atoms with Crippen LogP contribution >= 0.6 is 7.37 Å². The Balaban J connectivity index is 2.53. The van der Waals surface area contributed by atoms with Gasteiger partial charge in [0.05, 0.1) is 12.3 Å². The largest absolute Gasteiger partial charge is 0.369 e. The van der Waals surface area contributed by atoms with Gasteiger partial charge in [0.15, 0.2) is 0 Å². The lowest BCUT2D eigenvalue weighted by Crippen LogP contribution is -2.05. The number of ether oxygens (including phenoxy) is 1. The van der Waals surface area contributed by atoms with Crippen molar-refractivity contribution < 1.29 is 14.2 Å². The van der Waals surface area contributed by atoms with E-state index in [0.717, 1.165) is 5.56 Å². The van der Waals surface area contributed by atoms with Gasteiger partial charge in [-0.25, -0.2) is 0 Å². The van der Waals surface area contributed by atoms with Gasteiger partial charge >= 0.3 is 0 Å². The van der Waals surface area contributed by atoms with Crippen molar-refractivity contribution in [3.63, 3.8) is 0 Å². The van der Waals surface area contributed by atoms with Crippen molar-refractivity contribution in [3.05, 3.63) is 35.9 Å². The molecule has 4 heteroatoms. The molecule has 0 aliphatic rings. The Kier molecular flexibility index (Phi) is 4.52. The van der Waals surface area contributed by atoms with Gasteiger partial charge in [-0.15, -0.1) is 0 Å². The molecule has 3 nitrogen and oxygen atoms in total. The standard InChI is InChI=1S/C11H17O3P/c1-10(2)14-9-15(12,13)8-11-6-4-3-5-7-11/h3-7,10H,8-9H2,1-2H3,(H,12,13). The lowest BCUT2D eigenvalue weighted by atomic mass is 10.2. The topological polar surface area (TPSA) is 46.5 Å². The Hall–Kier alpha value is -0.630. The molecule has 0 aromatic heterocycles. The van der Waals surface area contributed by atoms with Crippen molar-refractivity contribution >= 4 is 7.37 Å². The first-order valence-electron chi connectivity index (χ1n) is 4.96. The third-order valence-electron chi connectivity index (χ3n) is 1.88. The van der Waals surface area contributed by atoms with Crippen LogP contribution < -0.4 is 0 Å². The predicted molar refractivity (Wildman–Crippen MR) is 61.1 cm³/mol. The molecule has 1 aromatic carbocycles. The van der Waals surface area contributed by atoms with Crippen molar-refractivity contribution in [2.45, 2.75) is 26.1 Å². The molecule has 0 radical (unpaired) electrons. The Morgan fingerprint density at radius 1 is 1.33 bits per heavy atom.